The second-order valence-electron chi connectivity index (χ2n) is 4.09. The van der Waals surface area contributed by atoms with Gasteiger partial charge in [0.25, 0.3) is 0 Å². The average Bonchev–Trinajstić information content (AvgIpc) is 2.50. The van der Waals surface area contributed by atoms with Crippen LogP contribution in [0.25, 0.3) is 0 Å². The molecule has 5 nitrogen and oxygen atoms in total. The van der Waals surface area contributed by atoms with Crippen molar-refractivity contribution in [3.63, 3.8) is 0 Å². The number of rotatable bonds is 3. The Kier molecular flexibility index (Phi) is 3.34. The predicted octanol–water partition coefficient (Wildman–Crippen LogP) is 0.915. The summed E-state index contributed by atoms with van der Waals surface area (Å²) in [5, 5.41) is 5.35. The lowest BCUT2D eigenvalue weighted by Gasteiger charge is -2.24. The van der Waals surface area contributed by atoms with Crippen LogP contribution in [-0.4, -0.2) is 24.1 Å². The molecule has 1 aliphatic heterocycles. The number of ether oxygens (including phenoxy) is 1. The Morgan fingerprint density at radius 3 is 2.73 bits per heavy atom. The topological polar surface area (TPSA) is 67.4 Å². The van der Waals surface area contributed by atoms with E-state index in [1.807, 2.05) is 20.8 Å². The summed E-state index contributed by atoms with van der Waals surface area (Å²) in [6.45, 7) is 5.98. The van der Waals surface area contributed by atoms with Crippen molar-refractivity contribution in [2.75, 3.05) is 6.61 Å². The first-order valence-electron chi connectivity index (χ1n) is 4.89. The maximum atomic E-state index is 11.5. The lowest BCUT2D eigenvalue weighted by Crippen LogP contribution is -2.47. The van der Waals surface area contributed by atoms with Gasteiger partial charge in [-0.25, -0.2) is 9.59 Å². The number of hydrogen-bond acceptors (Lipinski definition) is 3. The molecule has 5 heteroatoms. The van der Waals surface area contributed by atoms with Crippen LogP contribution < -0.4 is 10.6 Å². The highest BCUT2D eigenvalue weighted by Crippen LogP contribution is 2.07. The van der Waals surface area contributed by atoms with E-state index in [1.165, 1.54) is 6.08 Å². The molecule has 0 saturated heterocycles. The molecule has 0 aromatic carbocycles. The summed E-state index contributed by atoms with van der Waals surface area (Å²) in [7, 11) is 0. The summed E-state index contributed by atoms with van der Waals surface area (Å²) in [5.74, 6) is -0.417. The molecule has 1 rings (SSSR count). The minimum absolute atomic E-state index is 0.138. The lowest BCUT2D eigenvalue weighted by molar-refractivity contribution is -0.134. The summed E-state index contributed by atoms with van der Waals surface area (Å²) < 4.78 is 4.65. The van der Waals surface area contributed by atoms with Crippen LogP contribution in [-0.2, 0) is 9.53 Å². The van der Waals surface area contributed by atoms with Gasteiger partial charge in [0.2, 0.25) is 0 Å². The largest absolute Gasteiger partial charge is 0.456 e. The number of amides is 2. The number of esters is 1. The third-order valence-corrected chi connectivity index (χ3v) is 2.27. The molecule has 2 N–H and O–H groups in total. The van der Waals surface area contributed by atoms with Gasteiger partial charge in [0, 0.05) is 11.6 Å². The third kappa shape index (κ3) is 3.61. The maximum Gasteiger partial charge on any atom is 0.333 e. The van der Waals surface area contributed by atoms with E-state index in [0.29, 0.717) is 5.70 Å². The quantitative estimate of drug-likeness (QED) is 0.683. The molecule has 0 spiro atoms. The van der Waals surface area contributed by atoms with Crippen molar-refractivity contribution in [3.8, 4) is 0 Å². The lowest BCUT2D eigenvalue weighted by atomic mass is 10.0. The first kappa shape index (κ1) is 11.6. The fourth-order valence-corrected chi connectivity index (χ4v) is 1.02. The van der Waals surface area contributed by atoms with Crippen LogP contribution in [0.15, 0.2) is 11.8 Å². The highest BCUT2D eigenvalue weighted by Gasteiger charge is 2.20. The number of carbonyl (C=O) groups is 2. The van der Waals surface area contributed by atoms with E-state index < -0.39 is 5.97 Å². The van der Waals surface area contributed by atoms with Crippen LogP contribution in [0.4, 0.5) is 4.79 Å². The zero-order valence-corrected chi connectivity index (χ0v) is 9.22. The summed E-state index contributed by atoms with van der Waals surface area (Å²) in [6, 6.07) is -0.314. The Morgan fingerprint density at radius 2 is 2.27 bits per heavy atom. The number of hydrogen-bond donors (Lipinski definition) is 2. The fourth-order valence-electron chi connectivity index (χ4n) is 1.02. The van der Waals surface area contributed by atoms with Crippen LogP contribution in [0.1, 0.15) is 27.2 Å². The zero-order valence-electron chi connectivity index (χ0n) is 9.22. The molecule has 0 fully saturated rings. The van der Waals surface area contributed by atoms with E-state index in [9.17, 15) is 9.59 Å². The predicted molar refractivity (Wildman–Crippen MR) is 55.1 cm³/mol. The van der Waals surface area contributed by atoms with Crippen LogP contribution in [0.3, 0.4) is 0 Å². The molecule has 2 amide bonds. The second kappa shape index (κ2) is 4.33. The highest BCUT2D eigenvalue weighted by molar-refractivity contribution is 5.87. The van der Waals surface area contributed by atoms with E-state index in [-0.39, 0.29) is 18.2 Å². The molecule has 0 atom stereocenters. The van der Waals surface area contributed by atoms with Gasteiger partial charge in [-0.1, -0.05) is 6.92 Å². The van der Waals surface area contributed by atoms with Crippen LogP contribution in [0.2, 0.25) is 0 Å². The molecule has 1 heterocycles. The van der Waals surface area contributed by atoms with E-state index >= 15 is 0 Å². The Labute approximate surface area is 88.9 Å². The molecule has 0 aliphatic carbocycles. The van der Waals surface area contributed by atoms with Gasteiger partial charge in [-0.2, -0.15) is 0 Å². The molecule has 0 aromatic rings. The van der Waals surface area contributed by atoms with Crippen molar-refractivity contribution in [1.82, 2.24) is 10.6 Å². The van der Waals surface area contributed by atoms with Crippen molar-refractivity contribution in [1.29, 1.82) is 0 Å². The van der Waals surface area contributed by atoms with Crippen molar-refractivity contribution in [2.45, 2.75) is 32.7 Å². The summed E-state index contributed by atoms with van der Waals surface area (Å²) in [5.41, 5.74) is 0.234. The Bertz CT molecular complexity index is 308. The van der Waals surface area contributed by atoms with Crippen molar-refractivity contribution in [2.24, 2.45) is 0 Å². The highest BCUT2D eigenvalue weighted by atomic mass is 16.5. The van der Waals surface area contributed by atoms with Gasteiger partial charge in [-0.3, -0.25) is 0 Å². The van der Waals surface area contributed by atoms with E-state index in [2.05, 4.69) is 15.4 Å². The summed E-state index contributed by atoms with van der Waals surface area (Å²) in [6.07, 6.45) is 2.10. The van der Waals surface area contributed by atoms with Crippen LogP contribution in [0.5, 0.6) is 0 Å². The van der Waals surface area contributed by atoms with Gasteiger partial charge < -0.3 is 15.4 Å². The van der Waals surface area contributed by atoms with Gasteiger partial charge in [-0.05, 0) is 20.3 Å². The minimum atomic E-state index is -0.417. The molecular formula is C10H16N2O3. The van der Waals surface area contributed by atoms with E-state index in [0.717, 1.165) is 6.42 Å². The molecule has 0 radical (unpaired) electrons. The number of carbonyl (C=O) groups excluding carboxylic acids is 2. The van der Waals surface area contributed by atoms with Gasteiger partial charge in [0.1, 0.15) is 6.61 Å². The van der Waals surface area contributed by atoms with Crippen molar-refractivity contribution < 1.29 is 14.3 Å². The second-order valence-corrected chi connectivity index (χ2v) is 4.09. The Hall–Kier alpha value is -1.52. The van der Waals surface area contributed by atoms with Gasteiger partial charge in [-0.15, -0.1) is 0 Å². The first-order valence-corrected chi connectivity index (χ1v) is 4.89. The Morgan fingerprint density at radius 1 is 1.60 bits per heavy atom. The first-order chi connectivity index (χ1) is 6.93. The number of urea groups is 1. The standard InChI is InChI=1S/C10H16N2O3/c1-4-10(2,3)12-9(14)11-7-5-8(13)15-6-7/h5H,4,6H2,1-3H3,(H2,11,12,14). The minimum Gasteiger partial charge on any atom is -0.456 e. The third-order valence-electron chi connectivity index (χ3n) is 2.27. The van der Waals surface area contributed by atoms with Crippen molar-refractivity contribution in [3.05, 3.63) is 11.8 Å². The number of nitrogens with one attached hydrogen (secondary N) is 2. The van der Waals surface area contributed by atoms with Crippen LogP contribution in [0, 0.1) is 0 Å². The molecular weight excluding hydrogens is 196 g/mol. The molecule has 84 valence electrons. The average molecular weight is 212 g/mol. The molecule has 0 aromatic heterocycles. The maximum absolute atomic E-state index is 11.5. The molecule has 0 unspecified atom stereocenters. The molecule has 15 heavy (non-hydrogen) atoms. The zero-order chi connectivity index (χ0) is 11.5. The smallest absolute Gasteiger partial charge is 0.333 e. The van der Waals surface area contributed by atoms with Crippen molar-refractivity contribution >= 4 is 12.0 Å². The van der Waals surface area contributed by atoms with E-state index in [1.54, 1.807) is 0 Å². The Balaban J connectivity index is 2.43. The van der Waals surface area contributed by atoms with Crippen LogP contribution >= 0.6 is 0 Å². The monoisotopic (exact) mass is 212 g/mol. The van der Waals surface area contributed by atoms with E-state index in [4.69, 9.17) is 0 Å². The molecule has 0 saturated carbocycles. The number of cyclic esters (lactones) is 1. The van der Waals surface area contributed by atoms with Gasteiger partial charge in [0.15, 0.2) is 0 Å². The molecule has 1 aliphatic rings. The van der Waals surface area contributed by atoms with Gasteiger partial charge in [0.05, 0.1) is 5.70 Å². The van der Waals surface area contributed by atoms with Gasteiger partial charge >= 0.3 is 12.0 Å². The summed E-state index contributed by atoms with van der Waals surface area (Å²) >= 11 is 0. The SMILES string of the molecule is CCC(C)(C)NC(=O)NC1=CC(=O)OC1. The summed E-state index contributed by atoms with van der Waals surface area (Å²) in [4.78, 5) is 22.2. The molecule has 0 bridgehead atoms. The fraction of sp³-hybridized carbons (Fsp3) is 0.600. The normalized spacial score (nSPS) is 15.7.